The fraction of sp³-hybridized carbons (Fsp3) is 0.538. The summed E-state index contributed by atoms with van der Waals surface area (Å²) in [5, 5.41) is 3.34. The molecule has 5 heteroatoms. The Hall–Kier alpha value is -1.62. The van der Waals surface area contributed by atoms with Crippen molar-refractivity contribution >= 4 is 17.0 Å². The zero-order valence-corrected chi connectivity index (χ0v) is 10.9. The molecule has 0 saturated carbocycles. The lowest BCUT2D eigenvalue weighted by atomic mass is 10.1. The van der Waals surface area contributed by atoms with Crippen molar-refractivity contribution in [3.8, 4) is 0 Å². The zero-order chi connectivity index (χ0) is 12.5. The molecular weight excluding hydrogens is 226 g/mol. The molecule has 2 N–H and O–H groups in total. The third kappa shape index (κ3) is 1.95. The highest BCUT2D eigenvalue weighted by Gasteiger charge is 2.19. The number of aromatic amines is 1. The molecule has 1 saturated heterocycles. The Morgan fingerprint density at radius 1 is 1.39 bits per heavy atom. The lowest BCUT2D eigenvalue weighted by Crippen LogP contribution is -2.41. The molecule has 5 nitrogen and oxygen atoms in total. The average molecular weight is 245 g/mol. The molecule has 0 aromatic carbocycles. The number of hydrogen-bond donors (Lipinski definition) is 2. The minimum atomic E-state index is 0.645. The standard InChI is InChI=1S/C13H19N5/c1-9-7-15-13-12(9)17-11(8-16-13)18-5-3-10(14-2)4-6-18/h7-8,10,14H,3-6H2,1-2H3,(H,15,16). The van der Waals surface area contributed by atoms with E-state index < -0.39 is 0 Å². The Morgan fingerprint density at radius 2 is 2.17 bits per heavy atom. The Bertz CT molecular complexity index is 539. The molecule has 3 rings (SSSR count). The van der Waals surface area contributed by atoms with Crippen LogP contribution in [-0.2, 0) is 0 Å². The molecule has 0 spiro atoms. The van der Waals surface area contributed by atoms with Crippen molar-refractivity contribution in [1.82, 2.24) is 20.3 Å². The first-order valence-corrected chi connectivity index (χ1v) is 6.51. The van der Waals surface area contributed by atoms with Crippen LogP contribution in [0.2, 0.25) is 0 Å². The average Bonchev–Trinajstić information content (AvgIpc) is 2.80. The molecule has 2 aromatic heterocycles. The van der Waals surface area contributed by atoms with Gasteiger partial charge in [0.05, 0.1) is 6.20 Å². The molecule has 1 fully saturated rings. The summed E-state index contributed by atoms with van der Waals surface area (Å²) >= 11 is 0. The number of nitrogens with one attached hydrogen (secondary N) is 2. The number of fused-ring (bicyclic) bond motifs is 1. The first-order valence-electron chi connectivity index (χ1n) is 6.51. The van der Waals surface area contributed by atoms with Crippen LogP contribution in [0.25, 0.3) is 11.2 Å². The molecule has 96 valence electrons. The van der Waals surface area contributed by atoms with E-state index >= 15 is 0 Å². The van der Waals surface area contributed by atoms with Crippen molar-refractivity contribution in [2.75, 3.05) is 25.0 Å². The Labute approximate surface area is 107 Å². The van der Waals surface area contributed by atoms with Gasteiger partial charge in [-0.2, -0.15) is 0 Å². The number of anilines is 1. The SMILES string of the molecule is CNC1CCN(c2cnc3[nH]cc(C)c3n2)CC1. The van der Waals surface area contributed by atoms with Gasteiger partial charge in [-0.3, -0.25) is 0 Å². The van der Waals surface area contributed by atoms with E-state index in [1.54, 1.807) is 0 Å². The fourth-order valence-electron chi connectivity index (χ4n) is 2.55. The van der Waals surface area contributed by atoms with Gasteiger partial charge >= 0.3 is 0 Å². The third-order valence-corrected chi connectivity index (χ3v) is 3.79. The van der Waals surface area contributed by atoms with Gasteiger partial charge in [0.15, 0.2) is 5.65 Å². The predicted octanol–water partition coefficient (Wildman–Crippen LogP) is 1.45. The van der Waals surface area contributed by atoms with Crippen LogP contribution in [0.3, 0.4) is 0 Å². The Morgan fingerprint density at radius 3 is 2.89 bits per heavy atom. The van der Waals surface area contributed by atoms with Gasteiger partial charge in [-0.1, -0.05) is 0 Å². The van der Waals surface area contributed by atoms with E-state index in [1.165, 1.54) is 12.8 Å². The summed E-state index contributed by atoms with van der Waals surface area (Å²) in [5.41, 5.74) is 3.02. The van der Waals surface area contributed by atoms with Crippen LogP contribution < -0.4 is 10.2 Å². The van der Waals surface area contributed by atoms with Crippen molar-refractivity contribution in [3.63, 3.8) is 0 Å². The zero-order valence-electron chi connectivity index (χ0n) is 10.9. The number of hydrogen-bond acceptors (Lipinski definition) is 4. The van der Waals surface area contributed by atoms with E-state index in [0.717, 1.165) is 35.6 Å². The molecular formula is C13H19N5. The third-order valence-electron chi connectivity index (χ3n) is 3.79. The topological polar surface area (TPSA) is 56.8 Å². The summed E-state index contributed by atoms with van der Waals surface area (Å²) in [6.07, 6.45) is 6.17. The molecule has 0 bridgehead atoms. The number of aryl methyl sites for hydroxylation is 1. The minimum Gasteiger partial charge on any atom is -0.355 e. The maximum absolute atomic E-state index is 4.72. The summed E-state index contributed by atoms with van der Waals surface area (Å²) < 4.78 is 0. The molecule has 2 aromatic rings. The van der Waals surface area contributed by atoms with E-state index in [9.17, 15) is 0 Å². The van der Waals surface area contributed by atoms with Crippen molar-refractivity contribution in [1.29, 1.82) is 0 Å². The number of piperidine rings is 1. The smallest absolute Gasteiger partial charge is 0.156 e. The highest BCUT2D eigenvalue weighted by molar-refractivity contribution is 5.76. The van der Waals surface area contributed by atoms with E-state index in [2.05, 4.69) is 27.1 Å². The molecule has 18 heavy (non-hydrogen) atoms. The first kappa shape index (κ1) is 11.5. The van der Waals surface area contributed by atoms with Gasteiger partial charge in [0.2, 0.25) is 0 Å². The molecule has 0 unspecified atom stereocenters. The lowest BCUT2D eigenvalue weighted by molar-refractivity contribution is 0.441. The van der Waals surface area contributed by atoms with Crippen molar-refractivity contribution in [2.45, 2.75) is 25.8 Å². The second-order valence-corrected chi connectivity index (χ2v) is 4.95. The highest BCUT2D eigenvalue weighted by Crippen LogP contribution is 2.20. The van der Waals surface area contributed by atoms with Crippen LogP contribution >= 0.6 is 0 Å². The molecule has 0 radical (unpaired) electrons. The monoisotopic (exact) mass is 245 g/mol. The number of nitrogens with zero attached hydrogens (tertiary/aromatic N) is 3. The van der Waals surface area contributed by atoms with E-state index in [1.807, 2.05) is 19.4 Å². The number of H-pyrrole nitrogens is 1. The van der Waals surface area contributed by atoms with Gasteiger partial charge in [-0.15, -0.1) is 0 Å². The summed E-state index contributed by atoms with van der Waals surface area (Å²) in [7, 11) is 2.04. The Balaban J connectivity index is 1.84. The molecule has 0 atom stereocenters. The predicted molar refractivity (Wildman–Crippen MR) is 72.9 cm³/mol. The molecule has 3 heterocycles. The second kappa shape index (κ2) is 4.57. The van der Waals surface area contributed by atoms with Crippen LogP contribution in [-0.4, -0.2) is 41.1 Å². The molecule has 1 aliphatic rings. The first-order chi connectivity index (χ1) is 8.78. The number of aromatic nitrogens is 3. The minimum absolute atomic E-state index is 0.645. The van der Waals surface area contributed by atoms with E-state index in [-0.39, 0.29) is 0 Å². The molecule has 0 aliphatic carbocycles. The van der Waals surface area contributed by atoms with Gasteiger partial charge in [-0.05, 0) is 32.4 Å². The van der Waals surface area contributed by atoms with Crippen LogP contribution in [0, 0.1) is 6.92 Å². The normalized spacial score (nSPS) is 17.6. The van der Waals surface area contributed by atoms with Crippen LogP contribution in [0.1, 0.15) is 18.4 Å². The van der Waals surface area contributed by atoms with E-state index in [0.29, 0.717) is 6.04 Å². The fourth-order valence-corrected chi connectivity index (χ4v) is 2.55. The Kier molecular flexibility index (Phi) is 2.91. The van der Waals surface area contributed by atoms with Gasteiger partial charge in [-0.25, -0.2) is 9.97 Å². The van der Waals surface area contributed by atoms with E-state index in [4.69, 9.17) is 4.98 Å². The summed E-state index contributed by atoms with van der Waals surface area (Å²) in [5.74, 6) is 1.000. The largest absolute Gasteiger partial charge is 0.355 e. The van der Waals surface area contributed by atoms with Crippen molar-refractivity contribution in [2.24, 2.45) is 0 Å². The molecule has 1 aliphatic heterocycles. The summed E-state index contributed by atoms with van der Waals surface area (Å²) in [6.45, 7) is 4.16. The van der Waals surface area contributed by atoms with Gasteiger partial charge < -0.3 is 15.2 Å². The number of rotatable bonds is 2. The second-order valence-electron chi connectivity index (χ2n) is 4.95. The summed E-state index contributed by atoms with van der Waals surface area (Å²) in [4.78, 5) is 14.6. The van der Waals surface area contributed by atoms with Crippen LogP contribution in [0.5, 0.6) is 0 Å². The van der Waals surface area contributed by atoms with Crippen molar-refractivity contribution < 1.29 is 0 Å². The lowest BCUT2D eigenvalue weighted by Gasteiger charge is -2.32. The maximum Gasteiger partial charge on any atom is 0.156 e. The highest BCUT2D eigenvalue weighted by atomic mass is 15.2. The van der Waals surface area contributed by atoms with Crippen LogP contribution in [0.15, 0.2) is 12.4 Å². The summed E-state index contributed by atoms with van der Waals surface area (Å²) in [6, 6.07) is 0.645. The maximum atomic E-state index is 4.72. The van der Waals surface area contributed by atoms with Gasteiger partial charge in [0.25, 0.3) is 0 Å². The molecule has 0 amide bonds. The van der Waals surface area contributed by atoms with Crippen LogP contribution in [0.4, 0.5) is 5.82 Å². The van der Waals surface area contributed by atoms with Gasteiger partial charge in [0.1, 0.15) is 11.3 Å². The van der Waals surface area contributed by atoms with Gasteiger partial charge in [0, 0.05) is 25.3 Å². The van der Waals surface area contributed by atoms with Crippen molar-refractivity contribution in [3.05, 3.63) is 18.0 Å². The quantitative estimate of drug-likeness (QED) is 0.841.